The average Bonchev–Trinajstić information content (AvgIpc) is 2.89. The van der Waals surface area contributed by atoms with Gasteiger partial charge in [-0.05, 0) is 115 Å². The van der Waals surface area contributed by atoms with Gasteiger partial charge in [0.15, 0.2) is 11.6 Å². The summed E-state index contributed by atoms with van der Waals surface area (Å²) in [4.78, 5) is 23.0. The minimum absolute atomic E-state index is 0.0424. The zero-order valence-electron chi connectivity index (χ0n) is 21.9. The van der Waals surface area contributed by atoms with Gasteiger partial charge < -0.3 is 9.47 Å². The van der Waals surface area contributed by atoms with Crippen LogP contribution in [-0.2, 0) is 13.2 Å². The molecule has 0 aliphatic carbocycles. The summed E-state index contributed by atoms with van der Waals surface area (Å²) in [6, 6.07) is 21.5. The maximum atomic E-state index is 11.5. The van der Waals surface area contributed by atoms with E-state index in [1.165, 1.54) is 0 Å². The van der Waals surface area contributed by atoms with Crippen molar-refractivity contribution in [3.05, 3.63) is 124 Å². The number of hydrogen-bond acceptors (Lipinski definition) is 4. The van der Waals surface area contributed by atoms with Crippen LogP contribution in [0.5, 0.6) is 11.5 Å². The van der Waals surface area contributed by atoms with E-state index in [0.29, 0.717) is 55.9 Å². The molecule has 0 bridgehead atoms. The van der Waals surface area contributed by atoms with Crippen LogP contribution in [-0.4, -0.2) is 11.6 Å². The fraction of sp³-hybridized carbons (Fsp3) is 0.161. The largest absolute Gasteiger partial charge is 0.487 e. The van der Waals surface area contributed by atoms with Crippen molar-refractivity contribution in [2.75, 3.05) is 0 Å². The van der Waals surface area contributed by atoms with Gasteiger partial charge in [0.05, 0.1) is 10.0 Å². The van der Waals surface area contributed by atoms with E-state index in [0.717, 1.165) is 20.3 Å². The maximum absolute atomic E-state index is 11.5. The predicted molar refractivity (Wildman–Crippen MR) is 172 cm³/mol. The van der Waals surface area contributed by atoms with Gasteiger partial charge in [-0.1, -0.05) is 64.6 Å². The van der Waals surface area contributed by atoms with Crippen molar-refractivity contribution < 1.29 is 19.1 Å². The standard InChI is InChI=1S/C16H14Cl2O2.C15H11Cl2IO2/c1-10-3-4-12(7-14(10)11(2)19)9-20-16-6-5-13(17)8-15(16)18;1-9(19)12-6-10(2-4-14(12)18)8-20-15-5-3-11(16)7-13(15)17/h3-8H,9H2,1-2H3;2-7H,8H2,1H3. The van der Waals surface area contributed by atoms with Gasteiger partial charge in [-0.2, -0.15) is 0 Å². The number of ether oxygens (including phenoxy) is 2. The highest BCUT2D eigenvalue weighted by Gasteiger charge is 2.09. The number of halogens is 5. The highest BCUT2D eigenvalue weighted by Crippen LogP contribution is 2.29. The minimum atomic E-state index is 0.0424. The van der Waals surface area contributed by atoms with Crippen molar-refractivity contribution in [3.8, 4) is 11.5 Å². The molecule has 0 atom stereocenters. The van der Waals surface area contributed by atoms with Gasteiger partial charge in [0.25, 0.3) is 0 Å². The Hall–Kier alpha value is -2.29. The number of hydrogen-bond donors (Lipinski definition) is 0. The van der Waals surface area contributed by atoms with E-state index >= 15 is 0 Å². The molecule has 4 rings (SSSR count). The van der Waals surface area contributed by atoms with Crippen molar-refractivity contribution in [2.45, 2.75) is 34.0 Å². The van der Waals surface area contributed by atoms with Crippen LogP contribution in [0.3, 0.4) is 0 Å². The molecule has 0 radical (unpaired) electrons. The summed E-state index contributed by atoms with van der Waals surface area (Å²) in [5.74, 6) is 1.23. The summed E-state index contributed by atoms with van der Waals surface area (Å²) < 4.78 is 12.2. The van der Waals surface area contributed by atoms with Crippen molar-refractivity contribution >= 4 is 80.6 Å². The molecule has 0 heterocycles. The number of carbonyl (C=O) groups excluding carboxylic acids is 2. The number of carbonyl (C=O) groups is 2. The van der Waals surface area contributed by atoms with Gasteiger partial charge in [-0.25, -0.2) is 0 Å². The Morgan fingerprint density at radius 2 is 1.10 bits per heavy atom. The van der Waals surface area contributed by atoms with E-state index in [1.807, 2.05) is 43.3 Å². The third kappa shape index (κ3) is 9.38. The summed E-state index contributed by atoms with van der Waals surface area (Å²) in [7, 11) is 0. The van der Waals surface area contributed by atoms with Gasteiger partial charge in [-0.3, -0.25) is 9.59 Å². The molecular weight excluding hydrogens is 705 g/mol. The highest BCUT2D eigenvalue weighted by atomic mass is 127. The summed E-state index contributed by atoms with van der Waals surface area (Å²) in [5.41, 5.74) is 4.22. The Balaban J connectivity index is 0.000000220. The number of Topliss-reactive ketones (excluding diaryl/α,β-unsaturated/α-hetero) is 2. The second kappa shape index (κ2) is 15.1. The van der Waals surface area contributed by atoms with E-state index in [4.69, 9.17) is 55.9 Å². The van der Waals surface area contributed by atoms with E-state index in [9.17, 15) is 9.59 Å². The lowest BCUT2D eigenvalue weighted by molar-refractivity contribution is 0.100. The zero-order chi connectivity index (χ0) is 29.4. The first-order chi connectivity index (χ1) is 18.9. The summed E-state index contributed by atoms with van der Waals surface area (Å²) in [6.07, 6.45) is 0. The lowest BCUT2D eigenvalue weighted by Gasteiger charge is -2.10. The number of aryl methyl sites for hydroxylation is 1. The van der Waals surface area contributed by atoms with Gasteiger partial charge >= 0.3 is 0 Å². The van der Waals surface area contributed by atoms with Crippen molar-refractivity contribution in [2.24, 2.45) is 0 Å². The molecule has 208 valence electrons. The lowest BCUT2D eigenvalue weighted by Crippen LogP contribution is -2.01. The van der Waals surface area contributed by atoms with Crippen LogP contribution in [0.4, 0.5) is 0 Å². The van der Waals surface area contributed by atoms with Gasteiger partial charge in [0.2, 0.25) is 0 Å². The van der Waals surface area contributed by atoms with Crippen LogP contribution in [0.1, 0.15) is 51.3 Å². The molecule has 0 unspecified atom stereocenters. The predicted octanol–water partition coefficient (Wildman–Crippen LogP) is 10.5. The van der Waals surface area contributed by atoms with Gasteiger partial charge in [-0.15, -0.1) is 0 Å². The summed E-state index contributed by atoms with van der Waals surface area (Å²) >= 11 is 25.9. The van der Waals surface area contributed by atoms with E-state index in [2.05, 4.69) is 22.6 Å². The molecule has 0 saturated carbocycles. The smallest absolute Gasteiger partial charge is 0.160 e. The average molecular weight is 730 g/mol. The fourth-order valence-electron chi connectivity index (χ4n) is 3.58. The Bertz CT molecular complexity index is 1420. The molecule has 0 fully saturated rings. The number of benzene rings is 4. The first kappa shape index (κ1) is 32.2. The molecule has 0 saturated heterocycles. The zero-order valence-corrected chi connectivity index (χ0v) is 27.0. The molecule has 4 aromatic rings. The van der Waals surface area contributed by atoms with Crippen molar-refractivity contribution in [3.63, 3.8) is 0 Å². The normalized spacial score (nSPS) is 10.4. The molecule has 0 aliphatic heterocycles. The minimum Gasteiger partial charge on any atom is -0.487 e. The molecule has 9 heteroatoms. The second-order valence-corrected chi connectivity index (χ2v) is 11.7. The first-order valence-electron chi connectivity index (χ1n) is 12.0. The highest BCUT2D eigenvalue weighted by molar-refractivity contribution is 14.1. The molecule has 40 heavy (non-hydrogen) atoms. The van der Waals surface area contributed by atoms with Crippen LogP contribution in [0.25, 0.3) is 0 Å². The van der Waals surface area contributed by atoms with Crippen LogP contribution in [0, 0.1) is 10.5 Å². The van der Waals surface area contributed by atoms with Crippen LogP contribution in [0.15, 0.2) is 72.8 Å². The molecule has 4 nitrogen and oxygen atoms in total. The third-order valence-corrected chi connectivity index (χ3v) is 7.67. The SMILES string of the molecule is CC(=O)c1cc(COc2ccc(Cl)cc2Cl)ccc1C.CC(=O)c1cc(COc2ccc(Cl)cc2Cl)ccc1I. The Labute approximate surface area is 267 Å². The van der Waals surface area contributed by atoms with Crippen LogP contribution < -0.4 is 9.47 Å². The maximum Gasteiger partial charge on any atom is 0.160 e. The number of ketones is 2. The fourth-order valence-corrected chi connectivity index (χ4v) is 5.22. The topological polar surface area (TPSA) is 52.6 Å². The Morgan fingerprint density at radius 3 is 1.55 bits per heavy atom. The van der Waals surface area contributed by atoms with Crippen LogP contribution >= 0.6 is 69.0 Å². The monoisotopic (exact) mass is 728 g/mol. The van der Waals surface area contributed by atoms with Gasteiger partial charge in [0, 0.05) is 24.7 Å². The molecule has 0 aliphatic rings. The Morgan fingerprint density at radius 1 is 0.650 bits per heavy atom. The van der Waals surface area contributed by atoms with Gasteiger partial charge in [0.1, 0.15) is 24.7 Å². The van der Waals surface area contributed by atoms with Crippen LogP contribution in [0.2, 0.25) is 20.1 Å². The molecule has 4 aromatic carbocycles. The molecule has 0 aromatic heterocycles. The van der Waals surface area contributed by atoms with E-state index < -0.39 is 0 Å². The summed E-state index contributed by atoms with van der Waals surface area (Å²) in [5, 5.41) is 2.07. The third-order valence-electron chi connectivity index (χ3n) is 5.67. The number of rotatable bonds is 8. The van der Waals surface area contributed by atoms with Crippen molar-refractivity contribution in [1.29, 1.82) is 0 Å². The molecule has 0 amide bonds. The van der Waals surface area contributed by atoms with Crippen molar-refractivity contribution in [1.82, 2.24) is 0 Å². The molecule has 0 spiro atoms. The molecular formula is C31H25Cl4IO4. The molecule has 0 N–H and O–H groups in total. The Kier molecular flexibility index (Phi) is 12.2. The van der Waals surface area contributed by atoms with E-state index in [-0.39, 0.29) is 11.6 Å². The quantitative estimate of drug-likeness (QED) is 0.134. The first-order valence-corrected chi connectivity index (χ1v) is 14.6. The lowest BCUT2D eigenvalue weighted by atomic mass is 10.0. The van der Waals surface area contributed by atoms with E-state index in [1.54, 1.807) is 50.2 Å². The second-order valence-electron chi connectivity index (χ2n) is 8.80. The summed E-state index contributed by atoms with van der Waals surface area (Å²) in [6.45, 7) is 5.72.